The third kappa shape index (κ3) is 6.80. The number of ether oxygens (including phenoxy) is 2. The van der Waals surface area contributed by atoms with Crippen LogP contribution in [0.1, 0.15) is 5.56 Å². The number of nitrogens with one attached hydrogen (secondary N) is 1. The van der Waals surface area contributed by atoms with Gasteiger partial charge in [-0.25, -0.2) is 0 Å². The first-order chi connectivity index (χ1) is 11.5. The van der Waals surface area contributed by atoms with Gasteiger partial charge in [0.15, 0.2) is 5.96 Å². The highest BCUT2D eigenvalue weighted by Crippen LogP contribution is 2.28. The third-order valence-corrected chi connectivity index (χ3v) is 3.71. The van der Waals surface area contributed by atoms with E-state index in [0.717, 1.165) is 5.56 Å². The summed E-state index contributed by atoms with van der Waals surface area (Å²) in [5, 5.41) is 4.23. The van der Waals surface area contributed by atoms with Crippen LogP contribution in [0.25, 0.3) is 0 Å². The van der Waals surface area contributed by atoms with Gasteiger partial charge in [0.1, 0.15) is 11.5 Å². The van der Waals surface area contributed by atoms with E-state index in [9.17, 15) is 0 Å². The van der Waals surface area contributed by atoms with E-state index in [-0.39, 0.29) is 29.9 Å². The molecule has 8 heteroatoms. The van der Waals surface area contributed by atoms with Crippen molar-refractivity contribution in [1.82, 2.24) is 0 Å². The second kappa shape index (κ2) is 10.6. The smallest absolute Gasteiger partial charge is 0.193 e. The van der Waals surface area contributed by atoms with Crippen molar-refractivity contribution in [3.8, 4) is 11.5 Å². The molecule has 5 nitrogen and oxygen atoms in total. The SMILES string of the molecule is COc1ccc(OC)c(NC(N)=NCCc2cc(Cl)cc(Cl)c2)c1.I. The molecule has 2 aromatic carbocycles. The maximum atomic E-state index is 5.98. The lowest BCUT2D eigenvalue weighted by atomic mass is 10.1. The van der Waals surface area contributed by atoms with Crippen LogP contribution < -0.4 is 20.5 Å². The van der Waals surface area contributed by atoms with Crippen LogP contribution in [-0.2, 0) is 6.42 Å². The number of aliphatic imine (C=N–C) groups is 1. The van der Waals surface area contributed by atoms with E-state index in [1.165, 1.54) is 0 Å². The van der Waals surface area contributed by atoms with E-state index < -0.39 is 0 Å². The van der Waals surface area contributed by atoms with Crippen molar-refractivity contribution in [2.24, 2.45) is 10.7 Å². The summed E-state index contributed by atoms with van der Waals surface area (Å²) in [6, 6.07) is 10.8. The van der Waals surface area contributed by atoms with Crippen molar-refractivity contribution in [2.45, 2.75) is 6.42 Å². The second-order valence-corrected chi connectivity index (χ2v) is 5.86. The monoisotopic (exact) mass is 495 g/mol. The van der Waals surface area contributed by atoms with Gasteiger partial charge in [-0.05, 0) is 42.3 Å². The molecule has 2 aromatic rings. The van der Waals surface area contributed by atoms with Crippen LogP contribution >= 0.6 is 47.2 Å². The average molecular weight is 496 g/mol. The molecule has 0 amide bonds. The Bertz CT molecular complexity index is 722. The highest BCUT2D eigenvalue weighted by molar-refractivity contribution is 14.0. The van der Waals surface area contributed by atoms with E-state index in [0.29, 0.717) is 40.2 Å². The minimum absolute atomic E-state index is 0. The molecule has 3 N–H and O–H groups in total. The van der Waals surface area contributed by atoms with Crippen LogP contribution in [0, 0.1) is 0 Å². The first-order valence-corrected chi connectivity index (χ1v) is 8.01. The number of halogens is 3. The van der Waals surface area contributed by atoms with Gasteiger partial charge < -0.3 is 20.5 Å². The second-order valence-electron chi connectivity index (χ2n) is 4.99. The molecule has 2 rings (SSSR count). The van der Waals surface area contributed by atoms with Crippen LogP contribution in [0.2, 0.25) is 10.0 Å². The van der Waals surface area contributed by atoms with Crippen LogP contribution in [0.5, 0.6) is 11.5 Å². The zero-order valence-corrected chi connectivity index (χ0v) is 17.7. The number of hydrogen-bond donors (Lipinski definition) is 2. The molecule has 25 heavy (non-hydrogen) atoms. The highest BCUT2D eigenvalue weighted by atomic mass is 127. The molecule has 0 aliphatic carbocycles. The minimum Gasteiger partial charge on any atom is -0.497 e. The summed E-state index contributed by atoms with van der Waals surface area (Å²) in [5.74, 6) is 1.63. The van der Waals surface area contributed by atoms with E-state index in [4.69, 9.17) is 38.4 Å². The van der Waals surface area contributed by atoms with Gasteiger partial charge in [-0.2, -0.15) is 0 Å². The Balaban J connectivity index is 0.00000312. The number of hydrogen-bond acceptors (Lipinski definition) is 3. The fraction of sp³-hybridized carbons (Fsp3) is 0.235. The average Bonchev–Trinajstić information content (AvgIpc) is 2.53. The van der Waals surface area contributed by atoms with Crippen LogP contribution in [0.4, 0.5) is 5.69 Å². The predicted molar refractivity (Wildman–Crippen MR) is 115 cm³/mol. The summed E-state index contributed by atoms with van der Waals surface area (Å²) >= 11 is 12.0. The molecule has 0 fully saturated rings. The summed E-state index contributed by atoms with van der Waals surface area (Å²) in [4.78, 5) is 4.31. The topological polar surface area (TPSA) is 68.9 Å². The Hall–Kier alpha value is -1.38. The summed E-state index contributed by atoms with van der Waals surface area (Å²) < 4.78 is 10.5. The maximum Gasteiger partial charge on any atom is 0.193 e. The van der Waals surface area contributed by atoms with Crippen molar-refractivity contribution < 1.29 is 9.47 Å². The van der Waals surface area contributed by atoms with Gasteiger partial charge in [-0.1, -0.05) is 23.2 Å². The van der Waals surface area contributed by atoms with Gasteiger partial charge in [0.25, 0.3) is 0 Å². The van der Waals surface area contributed by atoms with Crippen molar-refractivity contribution in [3.63, 3.8) is 0 Å². The Morgan fingerprint density at radius 1 is 1.08 bits per heavy atom. The summed E-state index contributed by atoms with van der Waals surface area (Å²) in [5.41, 5.74) is 7.62. The normalized spacial score (nSPS) is 10.8. The van der Waals surface area contributed by atoms with Crippen molar-refractivity contribution >= 4 is 58.8 Å². The van der Waals surface area contributed by atoms with E-state index in [2.05, 4.69) is 10.3 Å². The van der Waals surface area contributed by atoms with Gasteiger partial charge in [0.2, 0.25) is 0 Å². The lowest BCUT2D eigenvalue weighted by Gasteiger charge is -2.12. The molecule has 0 heterocycles. The number of guanidine groups is 1. The number of rotatable bonds is 6. The summed E-state index contributed by atoms with van der Waals surface area (Å²) in [6.45, 7) is 0.502. The van der Waals surface area contributed by atoms with Crippen molar-refractivity contribution in [2.75, 3.05) is 26.1 Å². The number of benzene rings is 2. The van der Waals surface area contributed by atoms with Gasteiger partial charge >= 0.3 is 0 Å². The molecule has 0 bridgehead atoms. The van der Waals surface area contributed by atoms with Gasteiger partial charge in [0, 0.05) is 22.7 Å². The Kier molecular flexibility index (Phi) is 9.16. The number of nitrogens with two attached hydrogens (primary N) is 1. The lowest BCUT2D eigenvalue weighted by Crippen LogP contribution is -2.23. The summed E-state index contributed by atoms with van der Waals surface area (Å²) in [6.07, 6.45) is 0.678. The van der Waals surface area contributed by atoms with Crippen molar-refractivity contribution in [3.05, 3.63) is 52.0 Å². The van der Waals surface area contributed by atoms with Crippen LogP contribution in [-0.4, -0.2) is 26.7 Å². The highest BCUT2D eigenvalue weighted by Gasteiger charge is 2.06. The van der Waals surface area contributed by atoms with E-state index in [1.807, 2.05) is 12.1 Å². The Labute approximate surface area is 174 Å². The molecular weight excluding hydrogens is 476 g/mol. The molecule has 136 valence electrons. The molecule has 0 saturated heterocycles. The molecule has 0 aromatic heterocycles. The maximum absolute atomic E-state index is 5.98. The van der Waals surface area contributed by atoms with Gasteiger partial charge in [-0.15, -0.1) is 24.0 Å². The summed E-state index contributed by atoms with van der Waals surface area (Å²) in [7, 11) is 3.18. The molecule has 0 spiro atoms. The molecule has 0 atom stereocenters. The van der Waals surface area contributed by atoms with Crippen molar-refractivity contribution in [1.29, 1.82) is 0 Å². The van der Waals surface area contributed by atoms with E-state index in [1.54, 1.807) is 38.5 Å². The molecule has 0 radical (unpaired) electrons. The molecule has 0 aliphatic heterocycles. The first kappa shape index (κ1) is 21.7. The predicted octanol–water partition coefficient (Wildman–Crippen LogP) is 4.60. The van der Waals surface area contributed by atoms with Gasteiger partial charge in [0.05, 0.1) is 19.9 Å². The molecule has 0 saturated carbocycles. The van der Waals surface area contributed by atoms with Crippen LogP contribution in [0.15, 0.2) is 41.4 Å². The zero-order valence-electron chi connectivity index (χ0n) is 13.9. The number of anilines is 1. The molecule has 0 aliphatic rings. The molecule has 0 unspecified atom stereocenters. The quantitative estimate of drug-likeness (QED) is 0.349. The lowest BCUT2D eigenvalue weighted by molar-refractivity contribution is 0.405. The van der Waals surface area contributed by atoms with E-state index >= 15 is 0 Å². The Morgan fingerprint density at radius 3 is 2.36 bits per heavy atom. The fourth-order valence-corrected chi connectivity index (χ4v) is 2.72. The van der Waals surface area contributed by atoms with Gasteiger partial charge in [-0.3, -0.25) is 4.99 Å². The van der Waals surface area contributed by atoms with Crippen LogP contribution in [0.3, 0.4) is 0 Å². The first-order valence-electron chi connectivity index (χ1n) is 7.25. The third-order valence-electron chi connectivity index (χ3n) is 3.27. The fourth-order valence-electron chi connectivity index (χ4n) is 2.15. The number of methoxy groups -OCH3 is 2. The standard InChI is InChI=1S/C17H19Cl2N3O2.HI/c1-23-14-3-4-16(24-2)15(10-14)22-17(20)21-6-5-11-7-12(18)9-13(19)8-11;/h3-4,7-10H,5-6H2,1-2H3,(H3,20,21,22);1H. The Morgan fingerprint density at radius 2 is 1.76 bits per heavy atom. The number of nitrogens with zero attached hydrogens (tertiary/aromatic N) is 1. The molecular formula is C17H20Cl2IN3O2. The largest absolute Gasteiger partial charge is 0.497 e. The minimum atomic E-state index is 0. The zero-order chi connectivity index (χ0) is 17.5.